The lowest BCUT2D eigenvalue weighted by molar-refractivity contribution is 0.608. The van der Waals surface area contributed by atoms with Gasteiger partial charge in [0.1, 0.15) is 0 Å². The van der Waals surface area contributed by atoms with E-state index in [4.69, 9.17) is 5.73 Å². The molecule has 0 spiro atoms. The fraction of sp³-hybridized carbons (Fsp3) is 0.429. The van der Waals surface area contributed by atoms with Gasteiger partial charge in [0.2, 0.25) is 0 Å². The van der Waals surface area contributed by atoms with Crippen molar-refractivity contribution >= 4 is 11.4 Å². The van der Waals surface area contributed by atoms with Crippen molar-refractivity contribution in [2.75, 3.05) is 10.6 Å². The zero-order valence-corrected chi connectivity index (χ0v) is 15.1. The van der Waals surface area contributed by atoms with Gasteiger partial charge in [0.25, 0.3) is 0 Å². The topological polar surface area (TPSA) is 29.3 Å². The Balaban J connectivity index is 2.53. The summed E-state index contributed by atoms with van der Waals surface area (Å²) in [5.41, 5.74) is 11.9. The van der Waals surface area contributed by atoms with E-state index in [9.17, 15) is 0 Å². The van der Waals surface area contributed by atoms with Crippen molar-refractivity contribution in [1.82, 2.24) is 0 Å². The largest absolute Gasteiger partial charge is 0.399 e. The number of nitrogen functional groups attached to an aromatic ring is 1. The molecule has 0 radical (unpaired) electrons. The van der Waals surface area contributed by atoms with E-state index in [0.717, 1.165) is 18.5 Å². The molecule has 0 saturated carbocycles. The third-order valence-electron chi connectivity index (χ3n) is 4.25. The van der Waals surface area contributed by atoms with Crippen LogP contribution in [0.2, 0.25) is 0 Å². The minimum absolute atomic E-state index is 0.478. The average Bonchev–Trinajstić information content (AvgIpc) is 2.49. The van der Waals surface area contributed by atoms with Crippen LogP contribution in [0.4, 0.5) is 11.4 Å². The highest BCUT2D eigenvalue weighted by Crippen LogP contribution is 2.31. The van der Waals surface area contributed by atoms with Gasteiger partial charge >= 0.3 is 0 Å². The van der Waals surface area contributed by atoms with Crippen LogP contribution in [0.1, 0.15) is 46.6 Å². The molecular formula is C21H30N2. The molecule has 0 aliphatic carbocycles. The second-order valence-corrected chi connectivity index (χ2v) is 6.81. The summed E-state index contributed by atoms with van der Waals surface area (Å²) < 4.78 is 0. The van der Waals surface area contributed by atoms with E-state index in [1.807, 2.05) is 12.1 Å². The summed E-state index contributed by atoms with van der Waals surface area (Å²) in [7, 11) is 0. The third kappa shape index (κ3) is 4.07. The molecule has 124 valence electrons. The van der Waals surface area contributed by atoms with Crippen LogP contribution in [-0.4, -0.2) is 12.1 Å². The molecule has 0 aliphatic heterocycles. The molecule has 0 amide bonds. The van der Waals surface area contributed by atoms with E-state index in [1.54, 1.807) is 0 Å². The molecule has 0 saturated heterocycles. The van der Waals surface area contributed by atoms with E-state index in [2.05, 4.69) is 69.9 Å². The quantitative estimate of drug-likeness (QED) is 0.713. The molecule has 2 rings (SSSR count). The first-order chi connectivity index (χ1) is 10.9. The van der Waals surface area contributed by atoms with Gasteiger partial charge in [-0.15, -0.1) is 0 Å². The molecule has 0 bridgehead atoms. The molecule has 0 aliphatic rings. The Morgan fingerprint density at radius 1 is 0.913 bits per heavy atom. The van der Waals surface area contributed by atoms with Crippen molar-refractivity contribution < 1.29 is 0 Å². The molecule has 2 aromatic rings. The summed E-state index contributed by atoms with van der Waals surface area (Å²) in [4.78, 5) is 2.47. The van der Waals surface area contributed by atoms with Crippen molar-refractivity contribution in [2.45, 2.75) is 59.5 Å². The van der Waals surface area contributed by atoms with E-state index in [1.165, 1.54) is 22.4 Å². The van der Waals surface area contributed by atoms with Gasteiger partial charge in [-0.2, -0.15) is 0 Å². The van der Waals surface area contributed by atoms with Gasteiger partial charge in [0, 0.05) is 23.5 Å². The maximum atomic E-state index is 5.85. The summed E-state index contributed by atoms with van der Waals surface area (Å²) in [6.45, 7) is 11.2. The zero-order valence-electron chi connectivity index (χ0n) is 15.1. The Morgan fingerprint density at radius 3 is 2.04 bits per heavy atom. The number of rotatable bonds is 6. The Morgan fingerprint density at radius 2 is 1.52 bits per heavy atom. The lowest BCUT2D eigenvalue weighted by atomic mass is 9.95. The molecule has 2 aromatic carbocycles. The van der Waals surface area contributed by atoms with Gasteiger partial charge in [-0.3, -0.25) is 0 Å². The van der Waals surface area contributed by atoms with Crippen molar-refractivity contribution in [3.8, 4) is 11.1 Å². The van der Waals surface area contributed by atoms with E-state index >= 15 is 0 Å². The zero-order chi connectivity index (χ0) is 17.0. The molecule has 2 nitrogen and oxygen atoms in total. The van der Waals surface area contributed by atoms with Gasteiger partial charge < -0.3 is 10.6 Å². The highest BCUT2D eigenvalue weighted by Gasteiger charge is 2.16. The predicted molar refractivity (Wildman–Crippen MR) is 103 cm³/mol. The normalized spacial score (nSPS) is 11.3. The molecule has 0 heterocycles. The van der Waals surface area contributed by atoms with Crippen LogP contribution < -0.4 is 10.6 Å². The molecule has 2 heteroatoms. The van der Waals surface area contributed by atoms with Crippen molar-refractivity contribution in [3.05, 3.63) is 48.0 Å². The number of anilines is 2. The van der Waals surface area contributed by atoms with Crippen molar-refractivity contribution in [1.29, 1.82) is 0 Å². The summed E-state index contributed by atoms with van der Waals surface area (Å²) in [6.07, 6.45) is 2.25. The summed E-state index contributed by atoms with van der Waals surface area (Å²) in [5, 5.41) is 0. The molecule has 2 N–H and O–H groups in total. The Hall–Kier alpha value is -1.96. The van der Waals surface area contributed by atoms with E-state index in [-0.39, 0.29) is 0 Å². The Bertz CT molecular complexity index is 619. The van der Waals surface area contributed by atoms with Gasteiger partial charge in [-0.1, -0.05) is 31.5 Å². The monoisotopic (exact) mass is 310 g/mol. The summed E-state index contributed by atoms with van der Waals surface area (Å²) in [5.74, 6) is 0. The number of nitrogens with zero attached hydrogens (tertiary/aromatic N) is 1. The Labute approximate surface area is 141 Å². The van der Waals surface area contributed by atoms with E-state index in [0.29, 0.717) is 12.1 Å². The number of hydrogen-bond donors (Lipinski definition) is 1. The van der Waals surface area contributed by atoms with Gasteiger partial charge in [0.15, 0.2) is 0 Å². The highest BCUT2D eigenvalue weighted by molar-refractivity contribution is 5.73. The Kier molecular flexibility index (Phi) is 5.70. The third-order valence-corrected chi connectivity index (χ3v) is 4.25. The number of nitrogens with two attached hydrogens (primary N) is 1. The maximum Gasteiger partial charge on any atom is 0.0377 e. The smallest absolute Gasteiger partial charge is 0.0377 e. The van der Waals surface area contributed by atoms with Gasteiger partial charge in [0.05, 0.1) is 0 Å². The van der Waals surface area contributed by atoms with E-state index < -0.39 is 0 Å². The second-order valence-electron chi connectivity index (χ2n) is 6.81. The highest BCUT2D eigenvalue weighted by atomic mass is 15.2. The van der Waals surface area contributed by atoms with Crippen molar-refractivity contribution in [2.24, 2.45) is 0 Å². The minimum Gasteiger partial charge on any atom is -0.399 e. The predicted octanol–water partition coefficient (Wildman–Crippen LogP) is 5.51. The standard InChI is InChI=1S/C21H30N2/c1-6-7-17-10-13-20(23(15(2)3)16(4)5)14-21(17)18-8-11-19(22)12-9-18/h8-16H,6-7,22H2,1-5H3. The van der Waals surface area contributed by atoms with Crippen LogP contribution in [0.3, 0.4) is 0 Å². The first-order valence-corrected chi connectivity index (χ1v) is 8.71. The first kappa shape index (κ1) is 17.4. The minimum atomic E-state index is 0.478. The molecular weight excluding hydrogens is 280 g/mol. The number of hydrogen-bond acceptors (Lipinski definition) is 2. The molecule has 0 atom stereocenters. The SMILES string of the molecule is CCCc1ccc(N(C(C)C)C(C)C)cc1-c1ccc(N)cc1. The lowest BCUT2D eigenvalue weighted by Gasteiger charge is -2.33. The number of benzene rings is 2. The lowest BCUT2D eigenvalue weighted by Crippen LogP contribution is -2.37. The van der Waals surface area contributed by atoms with Crippen LogP contribution >= 0.6 is 0 Å². The van der Waals surface area contributed by atoms with Crippen LogP contribution in [-0.2, 0) is 6.42 Å². The van der Waals surface area contributed by atoms with Crippen LogP contribution in [0, 0.1) is 0 Å². The fourth-order valence-electron chi connectivity index (χ4n) is 3.34. The fourth-order valence-corrected chi connectivity index (χ4v) is 3.34. The molecule has 0 aromatic heterocycles. The number of aryl methyl sites for hydroxylation is 1. The van der Waals surface area contributed by atoms with Gasteiger partial charge in [-0.25, -0.2) is 0 Å². The van der Waals surface area contributed by atoms with Gasteiger partial charge in [-0.05, 0) is 75.1 Å². The molecule has 23 heavy (non-hydrogen) atoms. The average molecular weight is 310 g/mol. The molecule has 0 unspecified atom stereocenters. The maximum absolute atomic E-state index is 5.85. The summed E-state index contributed by atoms with van der Waals surface area (Å²) in [6, 6.07) is 16.1. The van der Waals surface area contributed by atoms with Crippen LogP contribution in [0.5, 0.6) is 0 Å². The van der Waals surface area contributed by atoms with Crippen molar-refractivity contribution in [3.63, 3.8) is 0 Å². The summed E-state index contributed by atoms with van der Waals surface area (Å²) >= 11 is 0. The first-order valence-electron chi connectivity index (χ1n) is 8.71. The van der Waals surface area contributed by atoms with Crippen LogP contribution in [0.25, 0.3) is 11.1 Å². The van der Waals surface area contributed by atoms with Crippen LogP contribution in [0.15, 0.2) is 42.5 Å². The second kappa shape index (κ2) is 7.54. The molecule has 0 fully saturated rings.